The molecule has 0 aliphatic rings. The Balaban J connectivity index is 3.32. The molecular formula is C22H26. The highest BCUT2D eigenvalue weighted by Gasteiger charge is 2.09. The molecule has 1 aromatic carbocycles. The van der Waals surface area contributed by atoms with Gasteiger partial charge in [-0.15, -0.1) is 0 Å². The van der Waals surface area contributed by atoms with Crippen molar-refractivity contribution in [2.24, 2.45) is 0 Å². The average molecular weight is 290 g/mol. The van der Waals surface area contributed by atoms with Gasteiger partial charge < -0.3 is 0 Å². The van der Waals surface area contributed by atoms with Crippen LogP contribution in [0.15, 0.2) is 90.6 Å². The molecular weight excluding hydrogens is 264 g/mol. The van der Waals surface area contributed by atoms with Gasteiger partial charge in [0.05, 0.1) is 0 Å². The van der Waals surface area contributed by atoms with Gasteiger partial charge in [0.2, 0.25) is 0 Å². The van der Waals surface area contributed by atoms with Crippen LogP contribution in [0.2, 0.25) is 0 Å². The minimum Gasteiger partial charge on any atom is -0.0985 e. The van der Waals surface area contributed by atoms with Gasteiger partial charge >= 0.3 is 0 Å². The lowest BCUT2D eigenvalue weighted by atomic mass is 9.90. The van der Waals surface area contributed by atoms with E-state index in [0.29, 0.717) is 0 Å². The summed E-state index contributed by atoms with van der Waals surface area (Å²) in [6.45, 7) is 20.5. The van der Waals surface area contributed by atoms with E-state index in [2.05, 4.69) is 57.8 Å². The Bertz CT molecular complexity index is 676. The summed E-state index contributed by atoms with van der Waals surface area (Å²) < 4.78 is 0. The lowest BCUT2D eigenvalue weighted by molar-refractivity contribution is 1.35. The molecule has 0 aliphatic carbocycles. The molecule has 1 rings (SSSR count). The minimum atomic E-state index is 0.967. The van der Waals surface area contributed by atoms with Crippen LogP contribution in [-0.2, 0) is 0 Å². The van der Waals surface area contributed by atoms with Crippen LogP contribution in [0.25, 0.3) is 5.57 Å². The summed E-state index contributed by atoms with van der Waals surface area (Å²) in [5, 5.41) is 0. The van der Waals surface area contributed by atoms with Crippen molar-refractivity contribution >= 4 is 5.57 Å². The van der Waals surface area contributed by atoms with E-state index in [0.717, 1.165) is 22.3 Å². The lowest BCUT2D eigenvalue weighted by Crippen LogP contribution is -1.95. The highest BCUT2D eigenvalue weighted by Crippen LogP contribution is 2.30. The molecule has 0 unspecified atom stereocenters. The van der Waals surface area contributed by atoms with E-state index in [1.165, 1.54) is 16.7 Å². The highest BCUT2D eigenvalue weighted by molar-refractivity contribution is 5.77. The molecule has 0 saturated heterocycles. The van der Waals surface area contributed by atoms with Gasteiger partial charge in [0.15, 0.2) is 0 Å². The van der Waals surface area contributed by atoms with Crippen LogP contribution in [0.5, 0.6) is 0 Å². The first-order chi connectivity index (χ1) is 10.4. The molecule has 0 saturated carbocycles. The van der Waals surface area contributed by atoms with E-state index in [9.17, 15) is 0 Å². The number of hydrogen-bond donors (Lipinski definition) is 0. The second-order valence-corrected chi connectivity index (χ2v) is 5.45. The molecule has 114 valence electrons. The Labute approximate surface area is 135 Å². The first-order valence-electron chi connectivity index (χ1n) is 7.51. The van der Waals surface area contributed by atoms with Crippen molar-refractivity contribution < 1.29 is 0 Å². The Hall–Kier alpha value is -2.34. The van der Waals surface area contributed by atoms with Crippen molar-refractivity contribution in [2.75, 3.05) is 0 Å². The van der Waals surface area contributed by atoms with E-state index >= 15 is 0 Å². The van der Waals surface area contributed by atoms with E-state index in [1.54, 1.807) is 0 Å². The summed E-state index contributed by atoms with van der Waals surface area (Å²) >= 11 is 0. The Morgan fingerprint density at radius 2 is 1.68 bits per heavy atom. The second-order valence-electron chi connectivity index (χ2n) is 5.45. The fourth-order valence-electron chi connectivity index (χ4n) is 2.53. The smallest absolute Gasteiger partial charge is 0.0131 e. The van der Waals surface area contributed by atoms with Crippen LogP contribution in [-0.4, -0.2) is 0 Å². The monoisotopic (exact) mass is 290 g/mol. The topological polar surface area (TPSA) is 0 Å². The fourth-order valence-corrected chi connectivity index (χ4v) is 2.53. The molecule has 0 spiro atoms. The van der Waals surface area contributed by atoms with Crippen molar-refractivity contribution in [3.05, 3.63) is 102 Å². The first-order valence-corrected chi connectivity index (χ1v) is 7.51. The predicted molar refractivity (Wildman–Crippen MR) is 101 cm³/mol. The zero-order valence-corrected chi connectivity index (χ0v) is 14.2. The van der Waals surface area contributed by atoms with Gasteiger partial charge in [-0.1, -0.05) is 73.9 Å². The van der Waals surface area contributed by atoms with Crippen LogP contribution in [0.4, 0.5) is 0 Å². The molecule has 1 aromatic rings. The van der Waals surface area contributed by atoms with E-state index in [4.69, 9.17) is 0 Å². The SMILES string of the molecule is C=CC(/C=C/C(=C)/C(C(=C)C)=C(\C)c1ccccc1C)=C\C. The molecule has 0 bridgehead atoms. The Morgan fingerprint density at radius 1 is 1.05 bits per heavy atom. The fraction of sp³-hybridized carbons (Fsp3) is 0.182. The van der Waals surface area contributed by atoms with E-state index < -0.39 is 0 Å². The van der Waals surface area contributed by atoms with Gasteiger partial charge in [-0.25, -0.2) is 0 Å². The summed E-state index contributed by atoms with van der Waals surface area (Å²) in [6.07, 6.45) is 7.92. The van der Waals surface area contributed by atoms with Crippen molar-refractivity contribution in [3.8, 4) is 0 Å². The molecule has 0 aliphatic heterocycles. The molecule has 0 amide bonds. The number of benzene rings is 1. The summed E-state index contributed by atoms with van der Waals surface area (Å²) in [5.74, 6) is 0. The molecule has 0 fully saturated rings. The largest absolute Gasteiger partial charge is 0.0985 e. The lowest BCUT2D eigenvalue weighted by Gasteiger charge is -2.15. The maximum atomic E-state index is 4.23. The van der Waals surface area contributed by atoms with Gasteiger partial charge in [-0.05, 0) is 61.1 Å². The molecule has 0 radical (unpaired) electrons. The maximum absolute atomic E-state index is 4.23. The van der Waals surface area contributed by atoms with Crippen LogP contribution in [0.3, 0.4) is 0 Å². The zero-order chi connectivity index (χ0) is 16.7. The average Bonchev–Trinajstić information content (AvgIpc) is 2.48. The molecule has 0 aromatic heterocycles. The quantitative estimate of drug-likeness (QED) is 0.518. The third-order valence-corrected chi connectivity index (χ3v) is 3.72. The molecule has 22 heavy (non-hydrogen) atoms. The van der Waals surface area contributed by atoms with Crippen LogP contribution in [0.1, 0.15) is 31.9 Å². The van der Waals surface area contributed by atoms with Crippen molar-refractivity contribution in [1.82, 2.24) is 0 Å². The highest BCUT2D eigenvalue weighted by atomic mass is 14.1. The van der Waals surface area contributed by atoms with Crippen molar-refractivity contribution in [1.29, 1.82) is 0 Å². The number of hydrogen-bond acceptors (Lipinski definition) is 0. The van der Waals surface area contributed by atoms with Crippen LogP contribution >= 0.6 is 0 Å². The standard InChI is InChI=1S/C22H26/c1-8-20(9-2)15-14-18(6)22(16(3)4)19(7)21-13-11-10-12-17(21)5/h8-15H,1,3,6H2,2,4-5,7H3/b15-14+,20-9+,22-19+. The molecule has 0 N–H and O–H groups in total. The third-order valence-electron chi connectivity index (χ3n) is 3.72. The van der Waals surface area contributed by atoms with Crippen LogP contribution < -0.4 is 0 Å². The zero-order valence-electron chi connectivity index (χ0n) is 14.2. The number of rotatable bonds is 6. The minimum absolute atomic E-state index is 0.967. The maximum Gasteiger partial charge on any atom is -0.0131 e. The number of aryl methyl sites for hydroxylation is 1. The van der Waals surface area contributed by atoms with Crippen molar-refractivity contribution in [3.63, 3.8) is 0 Å². The first kappa shape index (κ1) is 17.7. The molecule has 0 nitrogen and oxygen atoms in total. The predicted octanol–water partition coefficient (Wildman–Crippen LogP) is 6.59. The summed E-state index contributed by atoms with van der Waals surface area (Å²) in [6, 6.07) is 8.40. The Kier molecular flexibility index (Phi) is 6.59. The molecule has 0 atom stereocenters. The van der Waals surface area contributed by atoms with Gasteiger partial charge in [-0.2, -0.15) is 0 Å². The van der Waals surface area contributed by atoms with E-state index in [-0.39, 0.29) is 0 Å². The molecule has 0 heteroatoms. The summed E-state index contributed by atoms with van der Waals surface area (Å²) in [5.41, 5.74) is 7.90. The third kappa shape index (κ3) is 4.33. The normalized spacial score (nSPS) is 13.0. The second kappa shape index (κ2) is 8.19. The molecule has 0 heterocycles. The van der Waals surface area contributed by atoms with Crippen LogP contribution in [0, 0.1) is 6.92 Å². The van der Waals surface area contributed by atoms with Gasteiger partial charge in [0, 0.05) is 0 Å². The number of allylic oxidation sites excluding steroid dienone is 9. The van der Waals surface area contributed by atoms with Gasteiger partial charge in [0.1, 0.15) is 0 Å². The van der Waals surface area contributed by atoms with Gasteiger partial charge in [-0.3, -0.25) is 0 Å². The van der Waals surface area contributed by atoms with Crippen molar-refractivity contribution in [2.45, 2.75) is 27.7 Å². The summed E-state index contributed by atoms with van der Waals surface area (Å²) in [7, 11) is 0. The van der Waals surface area contributed by atoms with Gasteiger partial charge in [0.25, 0.3) is 0 Å². The van der Waals surface area contributed by atoms with E-state index in [1.807, 2.05) is 38.2 Å². The summed E-state index contributed by atoms with van der Waals surface area (Å²) in [4.78, 5) is 0. The Morgan fingerprint density at radius 3 is 2.18 bits per heavy atom.